The lowest BCUT2D eigenvalue weighted by Crippen LogP contribution is -2.26. The molecule has 0 radical (unpaired) electrons. The lowest BCUT2D eigenvalue weighted by Gasteiger charge is -2.18. The standard InChI is InChI=1S/C10H15ClN2O2/c1-5(2)6-9(14)13-7(8(11)12-6)10(3,4)15/h5,15H,1-4H3,(H,13,14). The number of aliphatic hydroxyl groups is 1. The smallest absolute Gasteiger partial charge is 0.270 e. The van der Waals surface area contributed by atoms with Crippen LogP contribution in [0.25, 0.3) is 0 Å². The van der Waals surface area contributed by atoms with Gasteiger partial charge in [0.25, 0.3) is 5.56 Å². The second kappa shape index (κ2) is 3.94. The van der Waals surface area contributed by atoms with E-state index in [9.17, 15) is 9.90 Å². The Hall–Kier alpha value is -0.870. The molecule has 1 aromatic rings. The molecule has 0 unspecified atom stereocenters. The van der Waals surface area contributed by atoms with Gasteiger partial charge in [0.1, 0.15) is 11.3 Å². The third kappa shape index (κ3) is 2.58. The molecule has 0 aliphatic rings. The number of hydrogen-bond acceptors (Lipinski definition) is 3. The summed E-state index contributed by atoms with van der Waals surface area (Å²) in [6, 6.07) is 0. The van der Waals surface area contributed by atoms with E-state index in [0.717, 1.165) is 0 Å². The maximum atomic E-state index is 11.6. The summed E-state index contributed by atoms with van der Waals surface area (Å²) in [5.41, 5.74) is -0.864. The SMILES string of the molecule is CC(C)c1nc(Cl)c(C(C)(C)O)[nH]c1=O. The third-order valence-corrected chi connectivity index (χ3v) is 2.33. The molecule has 0 atom stereocenters. The van der Waals surface area contributed by atoms with Gasteiger partial charge < -0.3 is 10.1 Å². The molecule has 0 aliphatic heterocycles. The molecule has 0 bridgehead atoms. The zero-order valence-corrected chi connectivity index (χ0v) is 10.0. The van der Waals surface area contributed by atoms with E-state index in [0.29, 0.717) is 5.69 Å². The molecule has 0 aliphatic carbocycles. The molecule has 0 fully saturated rings. The molecule has 15 heavy (non-hydrogen) atoms. The average Bonchev–Trinajstić information content (AvgIpc) is 2.06. The zero-order valence-electron chi connectivity index (χ0n) is 9.26. The van der Waals surface area contributed by atoms with E-state index in [4.69, 9.17) is 11.6 Å². The summed E-state index contributed by atoms with van der Waals surface area (Å²) in [7, 11) is 0. The van der Waals surface area contributed by atoms with Crippen LogP contribution in [0.5, 0.6) is 0 Å². The van der Waals surface area contributed by atoms with Gasteiger partial charge in [-0.2, -0.15) is 0 Å². The van der Waals surface area contributed by atoms with Crippen LogP contribution in [0.3, 0.4) is 0 Å². The first-order valence-electron chi connectivity index (χ1n) is 4.76. The van der Waals surface area contributed by atoms with Crippen molar-refractivity contribution in [2.45, 2.75) is 39.2 Å². The van der Waals surface area contributed by atoms with E-state index < -0.39 is 5.60 Å². The van der Waals surface area contributed by atoms with Gasteiger partial charge in [-0.15, -0.1) is 0 Å². The van der Waals surface area contributed by atoms with Crippen molar-refractivity contribution < 1.29 is 5.11 Å². The van der Waals surface area contributed by atoms with Crippen LogP contribution in [0.15, 0.2) is 4.79 Å². The number of rotatable bonds is 2. The van der Waals surface area contributed by atoms with Gasteiger partial charge in [0.2, 0.25) is 0 Å². The van der Waals surface area contributed by atoms with Crippen LogP contribution in [-0.4, -0.2) is 15.1 Å². The fourth-order valence-electron chi connectivity index (χ4n) is 1.24. The maximum Gasteiger partial charge on any atom is 0.270 e. The Balaban J connectivity index is 3.39. The van der Waals surface area contributed by atoms with Gasteiger partial charge in [0.15, 0.2) is 5.15 Å². The Morgan fingerprint density at radius 2 is 2.00 bits per heavy atom. The zero-order chi connectivity index (χ0) is 11.8. The van der Waals surface area contributed by atoms with E-state index in [-0.39, 0.29) is 22.3 Å². The molecule has 84 valence electrons. The lowest BCUT2D eigenvalue weighted by atomic mass is 10.1. The maximum absolute atomic E-state index is 11.6. The molecule has 0 spiro atoms. The Labute approximate surface area is 93.3 Å². The highest BCUT2D eigenvalue weighted by molar-refractivity contribution is 6.30. The summed E-state index contributed by atoms with van der Waals surface area (Å²) in [4.78, 5) is 18.2. The molecular formula is C10H15ClN2O2. The van der Waals surface area contributed by atoms with Crippen molar-refractivity contribution in [3.63, 3.8) is 0 Å². The van der Waals surface area contributed by atoms with Crippen LogP contribution >= 0.6 is 11.6 Å². The van der Waals surface area contributed by atoms with Gasteiger partial charge in [0, 0.05) is 5.92 Å². The van der Waals surface area contributed by atoms with Crippen molar-refractivity contribution in [3.05, 3.63) is 26.9 Å². The largest absolute Gasteiger partial charge is 0.384 e. The fraction of sp³-hybridized carbons (Fsp3) is 0.600. The highest BCUT2D eigenvalue weighted by Gasteiger charge is 2.23. The van der Waals surface area contributed by atoms with E-state index in [2.05, 4.69) is 9.97 Å². The third-order valence-electron chi connectivity index (χ3n) is 2.05. The monoisotopic (exact) mass is 230 g/mol. The number of halogens is 1. The van der Waals surface area contributed by atoms with Gasteiger partial charge in [0.05, 0.1) is 5.69 Å². The lowest BCUT2D eigenvalue weighted by molar-refractivity contribution is 0.0732. The number of aromatic nitrogens is 2. The summed E-state index contributed by atoms with van der Waals surface area (Å²) in [6.07, 6.45) is 0. The molecule has 0 aromatic carbocycles. The Morgan fingerprint density at radius 3 is 2.40 bits per heavy atom. The van der Waals surface area contributed by atoms with Gasteiger partial charge in [-0.05, 0) is 13.8 Å². The number of nitrogens with zero attached hydrogens (tertiary/aromatic N) is 1. The molecule has 0 saturated carbocycles. The topological polar surface area (TPSA) is 66.0 Å². The van der Waals surface area contributed by atoms with Crippen LogP contribution in [0.2, 0.25) is 5.15 Å². The van der Waals surface area contributed by atoms with Crippen LogP contribution in [0, 0.1) is 0 Å². The Kier molecular flexibility index (Phi) is 3.21. The number of H-pyrrole nitrogens is 1. The highest BCUT2D eigenvalue weighted by Crippen LogP contribution is 2.23. The minimum Gasteiger partial charge on any atom is -0.384 e. The number of nitrogens with one attached hydrogen (secondary N) is 1. The van der Waals surface area contributed by atoms with Crippen molar-refractivity contribution in [3.8, 4) is 0 Å². The predicted molar refractivity (Wildman–Crippen MR) is 59.2 cm³/mol. The molecule has 0 saturated heterocycles. The molecule has 1 rings (SSSR count). The van der Waals surface area contributed by atoms with Gasteiger partial charge in [-0.1, -0.05) is 25.4 Å². The minimum absolute atomic E-state index is 0.00195. The van der Waals surface area contributed by atoms with Gasteiger partial charge in [-0.3, -0.25) is 4.79 Å². The number of hydrogen-bond donors (Lipinski definition) is 2. The van der Waals surface area contributed by atoms with E-state index >= 15 is 0 Å². The van der Waals surface area contributed by atoms with Crippen molar-refractivity contribution in [1.82, 2.24) is 9.97 Å². The van der Waals surface area contributed by atoms with E-state index in [1.165, 1.54) is 0 Å². The van der Waals surface area contributed by atoms with Crippen LogP contribution in [-0.2, 0) is 5.60 Å². The van der Waals surface area contributed by atoms with E-state index in [1.54, 1.807) is 13.8 Å². The molecule has 0 amide bonds. The van der Waals surface area contributed by atoms with Crippen LogP contribution < -0.4 is 5.56 Å². The predicted octanol–water partition coefficient (Wildman–Crippen LogP) is 1.77. The summed E-state index contributed by atoms with van der Waals surface area (Å²) < 4.78 is 0. The summed E-state index contributed by atoms with van der Waals surface area (Å²) >= 11 is 5.89. The molecule has 1 heterocycles. The molecule has 4 nitrogen and oxygen atoms in total. The van der Waals surface area contributed by atoms with Crippen LogP contribution in [0.1, 0.15) is 45.0 Å². The summed E-state index contributed by atoms with van der Waals surface area (Å²) in [6.45, 7) is 6.80. The second-order valence-corrected chi connectivity index (χ2v) is 4.69. The van der Waals surface area contributed by atoms with E-state index in [1.807, 2.05) is 13.8 Å². The normalized spacial score (nSPS) is 12.2. The quantitative estimate of drug-likeness (QED) is 0.814. The molecular weight excluding hydrogens is 216 g/mol. The molecule has 1 aromatic heterocycles. The minimum atomic E-state index is -1.20. The first-order valence-corrected chi connectivity index (χ1v) is 5.14. The summed E-state index contributed by atoms with van der Waals surface area (Å²) in [5.74, 6) is 0.00195. The van der Waals surface area contributed by atoms with Crippen molar-refractivity contribution in [2.24, 2.45) is 0 Å². The second-order valence-electron chi connectivity index (χ2n) is 4.33. The van der Waals surface area contributed by atoms with Crippen molar-refractivity contribution >= 4 is 11.6 Å². The average molecular weight is 231 g/mol. The number of aromatic amines is 1. The van der Waals surface area contributed by atoms with Crippen molar-refractivity contribution in [1.29, 1.82) is 0 Å². The molecule has 2 N–H and O–H groups in total. The Morgan fingerprint density at radius 1 is 1.47 bits per heavy atom. The first-order chi connectivity index (χ1) is 6.73. The van der Waals surface area contributed by atoms with Crippen molar-refractivity contribution in [2.75, 3.05) is 0 Å². The van der Waals surface area contributed by atoms with Gasteiger partial charge in [-0.25, -0.2) is 4.98 Å². The fourth-order valence-corrected chi connectivity index (χ4v) is 1.61. The first kappa shape index (κ1) is 12.2. The Bertz CT molecular complexity index is 418. The summed E-state index contributed by atoms with van der Waals surface area (Å²) in [5, 5.41) is 9.87. The molecule has 5 heteroatoms. The van der Waals surface area contributed by atoms with Gasteiger partial charge >= 0.3 is 0 Å². The van der Waals surface area contributed by atoms with Crippen LogP contribution in [0.4, 0.5) is 0 Å². The highest BCUT2D eigenvalue weighted by atomic mass is 35.5.